The molecule has 5 unspecified atom stereocenters. The van der Waals surface area contributed by atoms with Crippen molar-refractivity contribution >= 4 is 23.5 Å². The monoisotopic (exact) mass is 733 g/mol. The summed E-state index contributed by atoms with van der Waals surface area (Å²) in [7, 11) is 0. The van der Waals surface area contributed by atoms with E-state index in [1.54, 1.807) is 22.8 Å². The summed E-state index contributed by atoms with van der Waals surface area (Å²) in [5.74, 6) is -2.24. The Bertz CT molecular complexity index is 1660. The number of amides is 1. The zero-order chi connectivity index (χ0) is 37.0. The van der Waals surface area contributed by atoms with Gasteiger partial charge in [-0.3, -0.25) is 9.69 Å². The number of hydrogen-bond acceptors (Lipinski definition) is 7. The molecule has 2 aromatic rings. The van der Waals surface area contributed by atoms with E-state index >= 15 is 0 Å². The largest absolute Gasteiger partial charge is 0.490 e. The molecule has 1 amide bonds. The van der Waals surface area contributed by atoms with Gasteiger partial charge in [0.1, 0.15) is 17.4 Å². The molecular weight excluding hydrogens is 685 g/mol. The molecule has 3 saturated carbocycles. The van der Waals surface area contributed by atoms with Gasteiger partial charge in [0.25, 0.3) is 12.3 Å². The third kappa shape index (κ3) is 6.84. The zero-order valence-corrected chi connectivity index (χ0v) is 29.7. The van der Waals surface area contributed by atoms with Crippen LogP contribution < -0.4 is 15.0 Å². The van der Waals surface area contributed by atoms with Gasteiger partial charge in [-0.05, 0) is 98.8 Å². The number of carboxylic acid groups (broad SMARTS) is 1. The van der Waals surface area contributed by atoms with Crippen LogP contribution in [0.5, 0.6) is 5.75 Å². The maximum Gasteiger partial charge on any atom is 0.434 e. The molecule has 1 saturated heterocycles. The highest BCUT2D eigenvalue weighted by atomic mass is 19.4. The second-order valence-electron chi connectivity index (χ2n) is 16.2. The van der Waals surface area contributed by atoms with Crippen molar-refractivity contribution < 1.29 is 41.4 Å². The number of halogens is 5. The minimum absolute atomic E-state index is 0.136. The molecule has 9 nitrogen and oxygen atoms in total. The normalized spacial score (nSPS) is 29.3. The number of benzene rings is 1. The summed E-state index contributed by atoms with van der Waals surface area (Å²) in [6.45, 7) is 4.94. The summed E-state index contributed by atoms with van der Waals surface area (Å²) in [5, 5.41) is 13.1. The van der Waals surface area contributed by atoms with Crippen LogP contribution in [-0.4, -0.2) is 76.1 Å². The molecule has 0 radical (unpaired) electrons. The fourth-order valence-corrected chi connectivity index (χ4v) is 10.4. The van der Waals surface area contributed by atoms with Crippen molar-refractivity contribution in [1.29, 1.82) is 0 Å². The Balaban J connectivity index is 1.17. The first kappa shape index (κ1) is 36.8. The molecule has 52 heavy (non-hydrogen) atoms. The predicted molar refractivity (Wildman–Crippen MR) is 183 cm³/mol. The van der Waals surface area contributed by atoms with Gasteiger partial charge in [-0.1, -0.05) is 33.1 Å². The third-order valence-corrected chi connectivity index (χ3v) is 12.7. The molecule has 4 fully saturated rings. The van der Waals surface area contributed by atoms with E-state index < -0.39 is 53.1 Å². The lowest BCUT2D eigenvalue weighted by atomic mass is 9.56. The van der Waals surface area contributed by atoms with Gasteiger partial charge in [0.05, 0.1) is 12.1 Å². The Morgan fingerprint density at radius 2 is 1.79 bits per heavy atom. The molecule has 2 bridgehead atoms. The average Bonchev–Trinajstić information content (AvgIpc) is 3.38. The first-order valence-corrected chi connectivity index (χ1v) is 18.8. The van der Waals surface area contributed by atoms with Gasteiger partial charge in [0.2, 0.25) is 5.95 Å². The highest BCUT2D eigenvalue weighted by Crippen LogP contribution is 2.53. The topological polar surface area (TPSA) is 108 Å². The van der Waals surface area contributed by atoms with E-state index in [2.05, 4.69) is 15.3 Å². The fraction of sp³-hybridized carbons (Fsp3) is 0.684. The summed E-state index contributed by atoms with van der Waals surface area (Å²) < 4.78 is 76.4. The Morgan fingerprint density at radius 3 is 2.46 bits per heavy atom. The van der Waals surface area contributed by atoms with Crippen molar-refractivity contribution in [3.63, 3.8) is 0 Å². The van der Waals surface area contributed by atoms with Crippen LogP contribution in [0.1, 0.15) is 106 Å². The van der Waals surface area contributed by atoms with Gasteiger partial charge in [-0.2, -0.15) is 13.2 Å². The van der Waals surface area contributed by atoms with Crippen LogP contribution in [0.4, 0.5) is 33.6 Å². The highest BCUT2D eigenvalue weighted by Gasteiger charge is 2.57. The Kier molecular flexibility index (Phi) is 9.92. The Labute approximate surface area is 300 Å². The van der Waals surface area contributed by atoms with Crippen molar-refractivity contribution in [2.24, 2.45) is 23.7 Å². The molecule has 7 rings (SSSR count). The van der Waals surface area contributed by atoms with E-state index in [-0.39, 0.29) is 29.9 Å². The standard InChI is InChI=1S/C38H48F5N5O4/c1-22-14-24-16-23(2)37(34(50)51,25(15-22)17-24)46-33(49)28-19-44-35(45-32(28)38(41,42)43)48-21-36(10-4-3-5-11-36)29-18-27(6-7-30(29)48)52-26-8-12-47(13-9-26)20-31(39)40/h6-7,18-19,22-26,31H,3-5,8-17,20-21H2,1-2H3,(H,46,49)(H,50,51). The number of nitrogens with one attached hydrogen (secondary N) is 1. The number of ether oxygens (including phenoxy) is 1. The number of aliphatic carboxylic acids is 1. The molecule has 284 valence electrons. The van der Waals surface area contributed by atoms with E-state index in [0.29, 0.717) is 69.1 Å². The van der Waals surface area contributed by atoms with Crippen molar-refractivity contribution in [2.75, 3.05) is 31.1 Å². The molecule has 1 aromatic carbocycles. The molecule has 14 heteroatoms. The van der Waals surface area contributed by atoms with E-state index in [1.807, 2.05) is 19.1 Å². The van der Waals surface area contributed by atoms with Gasteiger partial charge >= 0.3 is 12.1 Å². The molecule has 1 spiro atoms. The van der Waals surface area contributed by atoms with Crippen molar-refractivity contribution in [1.82, 2.24) is 20.2 Å². The summed E-state index contributed by atoms with van der Waals surface area (Å²) in [6.07, 6.45) is 1.91. The first-order valence-electron chi connectivity index (χ1n) is 18.8. The van der Waals surface area contributed by atoms with Crippen molar-refractivity contribution in [2.45, 2.75) is 114 Å². The minimum Gasteiger partial charge on any atom is -0.490 e. The number of carbonyl (C=O) groups excluding carboxylic acids is 1. The lowest BCUT2D eigenvalue weighted by Gasteiger charge is -2.52. The lowest BCUT2D eigenvalue weighted by Crippen LogP contribution is -2.66. The number of carbonyl (C=O) groups is 2. The maximum absolute atomic E-state index is 14.8. The Hall–Kier alpha value is -3.55. The van der Waals surface area contributed by atoms with Crippen molar-refractivity contribution in [3.05, 3.63) is 41.2 Å². The number of piperidine rings is 1. The van der Waals surface area contributed by atoms with Crippen LogP contribution in [0.25, 0.3) is 0 Å². The molecule has 1 aromatic heterocycles. The van der Waals surface area contributed by atoms with Crippen molar-refractivity contribution in [3.8, 4) is 5.75 Å². The van der Waals surface area contributed by atoms with Crippen LogP contribution in [0.15, 0.2) is 24.4 Å². The van der Waals surface area contributed by atoms with Gasteiger partial charge in [0, 0.05) is 36.9 Å². The van der Waals surface area contributed by atoms with Crippen LogP contribution in [0.2, 0.25) is 0 Å². The van der Waals surface area contributed by atoms with Crippen LogP contribution in [0.3, 0.4) is 0 Å². The van der Waals surface area contributed by atoms with Crippen LogP contribution in [0, 0.1) is 23.7 Å². The number of nitrogens with zero attached hydrogens (tertiary/aromatic N) is 4. The van der Waals surface area contributed by atoms with Gasteiger partial charge < -0.3 is 20.1 Å². The summed E-state index contributed by atoms with van der Waals surface area (Å²) in [6, 6.07) is 5.56. The molecule has 3 aliphatic carbocycles. The number of alkyl halides is 5. The average molecular weight is 734 g/mol. The smallest absolute Gasteiger partial charge is 0.434 e. The molecular formula is C38H48F5N5O4. The van der Waals surface area contributed by atoms with Crippen LogP contribution in [-0.2, 0) is 16.4 Å². The second-order valence-corrected chi connectivity index (χ2v) is 16.2. The summed E-state index contributed by atoms with van der Waals surface area (Å²) in [5.41, 5.74) is -2.64. The van der Waals surface area contributed by atoms with E-state index in [0.717, 1.165) is 50.3 Å². The lowest BCUT2D eigenvalue weighted by molar-refractivity contribution is -0.155. The summed E-state index contributed by atoms with van der Waals surface area (Å²) in [4.78, 5) is 38.5. The zero-order valence-electron chi connectivity index (χ0n) is 29.7. The minimum atomic E-state index is -5.02. The molecule has 2 N–H and O–H groups in total. The third-order valence-electron chi connectivity index (χ3n) is 12.7. The maximum atomic E-state index is 14.8. The number of fused-ring (bicyclic) bond motifs is 4. The molecule has 5 aliphatic rings. The number of likely N-dealkylation sites (tertiary alicyclic amines) is 1. The van der Waals surface area contributed by atoms with E-state index in [4.69, 9.17) is 4.74 Å². The van der Waals surface area contributed by atoms with Crippen LogP contribution >= 0.6 is 0 Å². The highest BCUT2D eigenvalue weighted by molar-refractivity contribution is 5.99. The van der Waals surface area contributed by atoms with E-state index in [1.165, 1.54) is 0 Å². The number of hydrogen-bond donors (Lipinski definition) is 2. The number of carboxylic acids is 1. The quantitative estimate of drug-likeness (QED) is 0.267. The molecule has 3 heterocycles. The molecule has 5 atom stereocenters. The van der Waals surface area contributed by atoms with Gasteiger partial charge in [0.15, 0.2) is 5.69 Å². The number of anilines is 2. The second kappa shape index (κ2) is 14.0. The van der Waals surface area contributed by atoms with E-state index in [9.17, 15) is 36.6 Å². The SMILES string of the molecule is CC1CC2CC(C)C(NC(=O)c3cnc(N4CC5(CCCCC5)c5cc(OC6CCN(CC(F)F)CC6)ccc54)nc3C(F)(F)F)(C(=O)O)C(C1)C2. The van der Waals surface area contributed by atoms with Gasteiger partial charge in [-0.15, -0.1) is 0 Å². The molecule has 2 aliphatic heterocycles. The predicted octanol–water partition coefficient (Wildman–Crippen LogP) is 7.60. The summed E-state index contributed by atoms with van der Waals surface area (Å²) >= 11 is 0. The fourth-order valence-electron chi connectivity index (χ4n) is 10.4. The number of rotatable bonds is 8. The first-order chi connectivity index (χ1) is 24.7. The number of aromatic nitrogens is 2. The Morgan fingerprint density at radius 1 is 1.06 bits per heavy atom. The van der Waals surface area contributed by atoms with Gasteiger partial charge in [-0.25, -0.2) is 23.5 Å².